The monoisotopic (exact) mass is 364 g/mol. The van der Waals surface area contributed by atoms with Crippen LogP contribution >= 0.6 is 0 Å². The van der Waals surface area contributed by atoms with Gasteiger partial charge in [-0.05, 0) is 13.3 Å². The van der Waals surface area contributed by atoms with E-state index in [2.05, 4.69) is 6.92 Å². The van der Waals surface area contributed by atoms with E-state index in [1.165, 1.54) is 6.42 Å². The van der Waals surface area contributed by atoms with Gasteiger partial charge in [0.15, 0.2) is 6.10 Å². The number of carbonyl (C=O) groups is 1. The fourth-order valence-electron chi connectivity index (χ4n) is 2.91. The molecule has 1 unspecified atom stereocenters. The first kappa shape index (κ1) is 22.3. The zero-order chi connectivity index (χ0) is 19.1. The molecule has 0 aliphatic carbocycles. The molecule has 0 spiro atoms. The number of rotatable bonds is 10. The first-order chi connectivity index (χ1) is 11.7. The van der Waals surface area contributed by atoms with Crippen molar-refractivity contribution in [3.8, 4) is 0 Å². The normalized spacial score (nSPS) is 35.6. The second-order valence-electron chi connectivity index (χ2n) is 6.80. The number of ether oxygens (including phenoxy) is 2. The highest BCUT2D eigenvalue weighted by atomic mass is 16.7. The lowest BCUT2D eigenvalue weighted by atomic mass is 9.89. The third-order valence-electron chi connectivity index (χ3n) is 4.58. The topological polar surface area (TPSA) is 137 Å². The van der Waals surface area contributed by atoms with Crippen molar-refractivity contribution in [1.82, 2.24) is 0 Å². The van der Waals surface area contributed by atoms with Crippen LogP contribution in [0.1, 0.15) is 65.2 Å². The van der Waals surface area contributed by atoms with Crippen LogP contribution in [0.5, 0.6) is 0 Å². The molecule has 0 amide bonds. The Kier molecular flexibility index (Phi) is 8.73. The summed E-state index contributed by atoms with van der Waals surface area (Å²) in [6, 6.07) is 0. The van der Waals surface area contributed by atoms with E-state index in [0.717, 1.165) is 39.0 Å². The van der Waals surface area contributed by atoms with Crippen LogP contribution in [-0.2, 0) is 14.3 Å². The van der Waals surface area contributed by atoms with Gasteiger partial charge in [0.25, 0.3) is 5.79 Å². The number of hydrogen-bond donors (Lipinski definition) is 5. The molecule has 5 atom stereocenters. The van der Waals surface area contributed by atoms with Gasteiger partial charge in [-0.1, -0.05) is 45.4 Å². The highest BCUT2D eigenvalue weighted by Gasteiger charge is 2.64. The largest absolute Gasteiger partial charge is 0.424 e. The molecular weight excluding hydrogens is 332 g/mol. The van der Waals surface area contributed by atoms with Crippen molar-refractivity contribution < 1.29 is 39.8 Å². The van der Waals surface area contributed by atoms with Gasteiger partial charge in [0.2, 0.25) is 5.79 Å². The molecule has 5 N–H and O–H groups in total. The molecule has 1 aliphatic rings. The van der Waals surface area contributed by atoms with Crippen LogP contribution in [-0.4, -0.2) is 68.0 Å². The lowest BCUT2D eigenvalue weighted by Gasteiger charge is -2.50. The van der Waals surface area contributed by atoms with E-state index >= 15 is 0 Å². The summed E-state index contributed by atoms with van der Waals surface area (Å²) in [5.41, 5.74) is 0. The summed E-state index contributed by atoms with van der Waals surface area (Å²) in [6.07, 6.45) is 1.97. The zero-order valence-corrected chi connectivity index (χ0v) is 15.1. The maximum absolute atomic E-state index is 12.0. The lowest BCUT2D eigenvalue weighted by molar-refractivity contribution is -0.440. The van der Waals surface area contributed by atoms with Gasteiger partial charge in [0.05, 0.1) is 6.61 Å². The zero-order valence-electron chi connectivity index (χ0n) is 15.1. The minimum Gasteiger partial charge on any atom is -0.424 e. The van der Waals surface area contributed by atoms with Crippen LogP contribution in [0.25, 0.3) is 0 Å². The van der Waals surface area contributed by atoms with Crippen molar-refractivity contribution in [2.24, 2.45) is 0 Å². The van der Waals surface area contributed by atoms with E-state index in [1.54, 1.807) is 0 Å². The summed E-state index contributed by atoms with van der Waals surface area (Å²) in [7, 11) is 0. The number of esters is 1. The van der Waals surface area contributed by atoms with Crippen LogP contribution in [0.15, 0.2) is 0 Å². The molecule has 1 saturated heterocycles. The van der Waals surface area contributed by atoms with Gasteiger partial charge in [0.1, 0.15) is 12.2 Å². The van der Waals surface area contributed by atoms with E-state index in [4.69, 9.17) is 14.6 Å². The molecule has 25 heavy (non-hydrogen) atoms. The van der Waals surface area contributed by atoms with Gasteiger partial charge in [-0.25, -0.2) is 0 Å². The van der Waals surface area contributed by atoms with Crippen LogP contribution in [0.3, 0.4) is 0 Å². The molecule has 0 bridgehead atoms. The van der Waals surface area contributed by atoms with E-state index < -0.39 is 42.5 Å². The maximum Gasteiger partial charge on any atom is 0.308 e. The third-order valence-corrected chi connectivity index (χ3v) is 4.58. The summed E-state index contributed by atoms with van der Waals surface area (Å²) >= 11 is 0. The van der Waals surface area contributed by atoms with Gasteiger partial charge < -0.3 is 35.0 Å². The van der Waals surface area contributed by atoms with Crippen LogP contribution in [0.4, 0.5) is 0 Å². The molecule has 0 radical (unpaired) electrons. The van der Waals surface area contributed by atoms with Gasteiger partial charge in [-0.2, -0.15) is 0 Å². The molecular formula is C17H32O8. The average Bonchev–Trinajstić information content (AvgIpc) is 2.56. The van der Waals surface area contributed by atoms with Crippen molar-refractivity contribution in [3.63, 3.8) is 0 Å². The molecule has 148 valence electrons. The highest BCUT2D eigenvalue weighted by Crippen LogP contribution is 2.37. The predicted octanol–water partition coefficient (Wildman–Crippen LogP) is 0.180. The van der Waals surface area contributed by atoms with Gasteiger partial charge in [0, 0.05) is 6.42 Å². The Balaban J connectivity index is 2.50. The minimum atomic E-state index is -2.82. The minimum absolute atomic E-state index is 0.0123. The number of hydrogen-bond acceptors (Lipinski definition) is 8. The first-order valence-corrected chi connectivity index (χ1v) is 9.01. The fourth-order valence-corrected chi connectivity index (χ4v) is 2.91. The van der Waals surface area contributed by atoms with Gasteiger partial charge in [-0.3, -0.25) is 4.79 Å². The predicted molar refractivity (Wildman–Crippen MR) is 88.2 cm³/mol. The number of carbonyl (C=O) groups excluding carboxylic acids is 1. The van der Waals surface area contributed by atoms with Crippen molar-refractivity contribution in [2.45, 2.75) is 95.1 Å². The Bertz CT molecular complexity index is 413. The third kappa shape index (κ3) is 5.60. The fraction of sp³-hybridized carbons (Fsp3) is 0.941. The van der Waals surface area contributed by atoms with Crippen molar-refractivity contribution in [3.05, 3.63) is 0 Å². The number of aliphatic hydroxyl groups is 5. The van der Waals surface area contributed by atoms with E-state index in [-0.39, 0.29) is 6.42 Å². The molecule has 0 saturated carbocycles. The number of aliphatic hydroxyl groups excluding tert-OH is 3. The molecule has 8 heteroatoms. The van der Waals surface area contributed by atoms with Crippen molar-refractivity contribution in [2.75, 3.05) is 6.61 Å². The van der Waals surface area contributed by atoms with E-state index in [1.807, 2.05) is 0 Å². The molecule has 0 aromatic heterocycles. The molecule has 8 nitrogen and oxygen atoms in total. The van der Waals surface area contributed by atoms with Crippen LogP contribution in [0.2, 0.25) is 0 Å². The van der Waals surface area contributed by atoms with Crippen LogP contribution in [0, 0.1) is 0 Å². The smallest absolute Gasteiger partial charge is 0.308 e. The standard InChI is InChI=1S/C17H32O8/c1-3-4-5-6-7-8-9-10-13(19)25-17(23)15(21)14(20)12(11-18)24-16(17,2)22/h12,14-15,18,20-23H,3-11H2,1-2H3/t12-,14-,15+,16?,17-/m1/s1. The molecule has 1 heterocycles. The molecule has 1 rings (SSSR count). The second kappa shape index (κ2) is 9.80. The Morgan fingerprint density at radius 2 is 1.64 bits per heavy atom. The Morgan fingerprint density at radius 1 is 1.08 bits per heavy atom. The SMILES string of the molecule is CCCCCCCCCC(=O)O[C@]1(O)[C@@H](O)[C@H](O)[C@@H](CO)OC1(C)O. The Labute approximate surface area is 148 Å². The van der Waals surface area contributed by atoms with E-state index in [0.29, 0.717) is 6.42 Å². The summed E-state index contributed by atoms with van der Waals surface area (Å²) in [6.45, 7) is 2.45. The van der Waals surface area contributed by atoms with E-state index in [9.17, 15) is 25.2 Å². The average molecular weight is 364 g/mol. The summed E-state index contributed by atoms with van der Waals surface area (Å²) < 4.78 is 9.84. The molecule has 1 aliphatic heterocycles. The van der Waals surface area contributed by atoms with Crippen molar-refractivity contribution >= 4 is 5.97 Å². The second-order valence-corrected chi connectivity index (χ2v) is 6.80. The quantitative estimate of drug-likeness (QED) is 0.210. The molecule has 0 aromatic carbocycles. The van der Waals surface area contributed by atoms with Gasteiger partial charge >= 0.3 is 5.97 Å². The first-order valence-electron chi connectivity index (χ1n) is 9.01. The summed E-state index contributed by atoms with van der Waals surface area (Å²) in [5.74, 6) is -6.11. The molecule has 0 aromatic rings. The summed E-state index contributed by atoms with van der Waals surface area (Å²) in [5, 5.41) is 49.6. The van der Waals surface area contributed by atoms with Crippen molar-refractivity contribution in [1.29, 1.82) is 0 Å². The highest BCUT2D eigenvalue weighted by molar-refractivity contribution is 5.69. The lowest BCUT2D eigenvalue weighted by Crippen LogP contribution is -2.73. The van der Waals surface area contributed by atoms with Crippen LogP contribution < -0.4 is 0 Å². The molecule has 1 fully saturated rings. The Morgan fingerprint density at radius 3 is 2.20 bits per heavy atom. The number of unbranched alkanes of at least 4 members (excludes halogenated alkanes) is 6. The van der Waals surface area contributed by atoms with Gasteiger partial charge in [-0.15, -0.1) is 0 Å². The Hall–Kier alpha value is -0.770. The summed E-state index contributed by atoms with van der Waals surface area (Å²) in [4.78, 5) is 12.0. The maximum atomic E-state index is 12.0.